The number of carbonyl (C=O) groups is 3. The summed E-state index contributed by atoms with van der Waals surface area (Å²) in [5.41, 5.74) is 1.68. The summed E-state index contributed by atoms with van der Waals surface area (Å²) in [6.45, 7) is 1.71. The minimum atomic E-state index is -0.615. The summed E-state index contributed by atoms with van der Waals surface area (Å²) in [6, 6.07) is 6.39. The van der Waals surface area contributed by atoms with Gasteiger partial charge in [-0.05, 0) is 55.0 Å². The summed E-state index contributed by atoms with van der Waals surface area (Å²) in [4.78, 5) is 37.8. The number of fused-ring (bicyclic) bond motifs is 1. The molecule has 0 aliphatic heterocycles. The molecule has 1 N–H and O–H groups in total. The lowest BCUT2D eigenvalue weighted by molar-refractivity contribution is -0.119. The molecule has 1 heterocycles. The summed E-state index contributed by atoms with van der Waals surface area (Å²) in [5.74, 6) is -0.451. The SMILES string of the molecule is COC(=O)c1c(NC(=O)COC(=O)c2ccc(OC)cc2)sc2c1CC[C@H](C)C2. The lowest BCUT2D eigenvalue weighted by atomic mass is 9.88. The maximum atomic E-state index is 12.3. The van der Waals surface area contributed by atoms with Gasteiger partial charge in [0, 0.05) is 4.88 Å². The number of methoxy groups -OCH3 is 2. The fourth-order valence-corrected chi connectivity index (χ4v) is 4.68. The van der Waals surface area contributed by atoms with Crippen molar-refractivity contribution >= 4 is 34.2 Å². The van der Waals surface area contributed by atoms with Gasteiger partial charge in [-0.2, -0.15) is 0 Å². The lowest BCUT2D eigenvalue weighted by Gasteiger charge is -2.18. The fourth-order valence-electron chi connectivity index (χ4n) is 3.26. The first-order valence-corrected chi connectivity index (χ1v) is 10.1. The average molecular weight is 417 g/mol. The number of rotatable bonds is 6. The molecule has 2 aromatic rings. The van der Waals surface area contributed by atoms with Crippen LogP contribution in [-0.4, -0.2) is 38.7 Å². The van der Waals surface area contributed by atoms with Crippen LogP contribution in [0.25, 0.3) is 0 Å². The normalized spacial score (nSPS) is 15.2. The maximum Gasteiger partial charge on any atom is 0.341 e. The predicted octanol–water partition coefficient (Wildman–Crippen LogP) is 3.46. The van der Waals surface area contributed by atoms with Crippen molar-refractivity contribution < 1.29 is 28.6 Å². The van der Waals surface area contributed by atoms with E-state index in [0.29, 0.717) is 27.8 Å². The Kier molecular flexibility index (Phi) is 6.53. The molecule has 1 atom stereocenters. The molecule has 0 fully saturated rings. The third-order valence-corrected chi connectivity index (χ3v) is 5.98. The van der Waals surface area contributed by atoms with Crippen molar-refractivity contribution in [3.63, 3.8) is 0 Å². The number of hydrogen-bond acceptors (Lipinski definition) is 7. The molecular weight excluding hydrogens is 394 g/mol. The molecule has 0 unspecified atom stereocenters. The minimum absolute atomic E-state index is 0.314. The van der Waals surface area contributed by atoms with E-state index < -0.39 is 24.5 Å². The Morgan fingerprint density at radius 2 is 1.86 bits per heavy atom. The topological polar surface area (TPSA) is 90.9 Å². The molecule has 8 heteroatoms. The Morgan fingerprint density at radius 1 is 1.14 bits per heavy atom. The quantitative estimate of drug-likeness (QED) is 0.724. The van der Waals surface area contributed by atoms with Gasteiger partial charge in [-0.15, -0.1) is 11.3 Å². The molecule has 0 bridgehead atoms. The van der Waals surface area contributed by atoms with Gasteiger partial charge in [-0.1, -0.05) is 6.92 Å². The van der Waals surface area contributed by atoms with Crippen LogP contribution in [0.2, 0.25) is 0 Å². The highest BCUT2D eigenvalue weighted by Gasteiger charge is 2.29. The van der Waals surface area contributed by atoms with E-state index in [1.54, 1.807) is 24.3 Å². The zero-order valence-electron chi connectivity index (χ0n) is 16.6. The van der Waals surface area contributed by atoms with Gasteiger partial charge >= 0.3 is 11.9 Å². The third kappa shape index (κ3) is 4.76. The molecule has 1 aliphatic rings. The molecule has 1 aliphatic carbocycles. The number of anilines is 1. The number of esters is 2. The number of nitrogens with one attached hydrogen (secondary N) is 1. The number of amides is 1. The molecule has 1 amide bonds. The van der Waals surface area contributed by atoms with Gasteiger partial charge in [-0.3, -0.25) is 4.79 Å². The Balaban J connectivity index is 1.67. The first kappa shape index (κ1) is 20.9. The van der Waals surface area contributed by atoms with E-state index in [1.165, 1.54) is 25.6 Å². The molecule has 1 aromatic heterocycles. The van der Waals surface area contributed by atoms with Crippen LogP contribution in [0.5, 0.6) is 5.75 Å². The second-order valence-electron chi connectivity index (χ2n) is 6.90. The predicted molar refractivity (Wildman–Crippen MR) is 109 cm³/mol. The summed E-state index contributed by atoms with van der Waals surface area (Å²) in [7, 11) is 2.85. The van der Waals surface area contributed by atoms with Gasteiger partial charge < -0.3 is 19.5 Å². The van der Waals surface area contributed by atoms with Gasteiger partial charge in [0.15, 0.2) is 6.61 Å². The molecule has 154 valence electrons. The molecule has 0 saturated heterocycles. The van der Waals surface area contributed by atoms with Crippen molar-refractivity contribution in [3.05, 3.63) is 45.8 Å². The van der Waals surface area contributed by atoms with Gasteiger partial charge in [-0.25, -0.2) is 9.59 Å². The highest BCUT2D eigenvalue weighted by Crippen LogP contribution is 2.40. The van der Waals surface area contributed by atoms with E-state index in [-0.39, 0.29) is 0 Å². The van der Waals surface area contributed by atoms with E-state index in [4.69, 9.17) is 14.2 Å². The van der Waals surface area contributed by atoms with Crippen molar-refractivity contribution in [1.82, 2.24) is 0 Å². The zero-order valence-corrected chi connectivity index (χ0v) is 17.4. The molecule has 0 saturated carbocycles. The highest BCUT2D eigenvalue weighted by molar-refractivity contribution is 7.17. The van der Waals surface area contributed by atoms with Crippen LogP contribution < -0.4 is 10.1 Å². The van der Waals surface area contributed by atoms with Crippen LogP contribution in [-0.2, 0) is 27.1 Å². The molecule has 3 rings (SSSR count). The van der Waals surface area contributed by atoms with Gasteiger partial charge in [0.25, 0.3) is 5.91 Å². The van der Waals surface area contributed by atoms with Crippen LogP contribution in [0, 0.1) is 5.92 Å². The summed E-state index contributed by atoms with van der Waals surface area (Å²) < 4.78 is 15.0. The van der Waals surface area contributed by atoms with Crippen molar-refractivity contribution in [2.75, 3.05) is 26.1 Å². The van der Waals surface area contributed by atoms with Crippen molar-refractivity contribution in [3.8, 4) is 5.75 Å². The molecule has 7 nitrogen and oxygen atoms in total. The van der Waals surface area contributed by atoms with E-state index in [2.05, 4.69) is 12.2 Å². The largest absolute Gasteiger partial charge is 0.497 e. The minimum Gasteiger partial charge on any atom is -0.497 e. The van der Waals surface area contributed by atoms with Gasteiger partial charge in [0.1, 0.15) is 10.8 Å². The summed E-state index contributed by atoms with van der Waals surface area (Å²) >= 11 is 1.39. The van der Waals surface area contributed by atoms with E-state index >= 15 is 0 Å². The smallest absolute Gasteiger partial charge is 0.341 e. The number of carbonyl (C=O) groups excluding carboxylic acids is 3. The average Bonchev–Trinajstić information content (AvgIpc) is 3.08. The standard InChI is InChI=1S/C21H23NO6S/c1-12-4-9-15-16(10-12)29-19(18(15)21(25)27-3)22-17(23)11-28-20(24)13-5-7-14(26-2)8-6-13/h5-8,12H,4,9-11H2,1-3H3,(H,22,23)/t12-/m0/s1. The highest BCUT2D eigenvalue weighted by atomic mass is 32.1. The Hall–Kier alpha value is -2.87. The molecule has 0 spiro atoms. The molecule has 1 aromatic carbocycles. The Bertz CT molecular complexity index is 918. The van der Waals surface area contributed by atoms with Gasteiger partial charge in [0.2, 0.25) is 0 Å². The zero-order chi connectivity index (χ0) is 21.0. The van der Waals surface area contributed by atoms with Crippen LogP contribution in [0.15, 0.2) is 24.3 Å². The van der Waals surface area contributed by atoms with Crippen LogP contribution in [0.1, 0.15) is 44.5 Å². The van der Waals surface area contributed by atoms with Crippen LogP contribution in [0.4, 0.5) is 5.00 Å². The monoisotopic (exact) mass is 417 g/mol. The van der Waals surface area contributed by atoms with Crippen LogP contribution in [0.3, 0.4) is 0 Å². The van der Waals surface area contributed by atoms with Gasteiger partial charge in [0.05, 0.1) is 25.3 Å². The molecule has 29 heavy (non-hydrogen) atoms. The number of benzene rings is 1. The summed E-state index contributed by atoms with van der Waals surface area (Å²) in [6.07, 6.45) is 2.63. The van der Waals surface area contributed by atoms with Crippen LogP contribution >= 0.6 is 11.3 Å². The number of ether oxygens (including phenoxy) is 3. The Morgan fingerprint density at radius 3 is 2.52 bits per heavy atom. The first-order chi connectivity index (χ1) is 13.9. The second-order valence-corrected chi connectivity index (χ2v) is 8.01. The summed E-state index contributed by atoms with van der Waals surface area (Å²) in [5, 5.41) is 3.15. The lowest BCUT2D eigenvalue weighted by Crippen LogP contribution is -2.22. The van der Waals surface area contributed by atoms with Crippen molar-refractivity contribution in [1.29, 1.82) is 0 Å². The third-order valence-electron chi connectivity index (χ3n) is 4.81. The number of hydrogen-bond donors (Lipinski definition) is 1. The van der Waals surface area contributed by atoms with Crippen molar-refractivity contribution in [2.45, 2.75) is 26.2 Å². The Labute approximate surface area is 173 Å². The molecule has 0 radical (unpaired) electrons. The first-order valence-electron chi connectivity index (χ1n) is 9.26. The number of thiophene rings is 1. The van der Waals surface area contributed by atoms with Crippen molar-refractivity contribution in [2.24, 2.45) is 5.92 Å². The fraction of sp³-hybridized carbons (Fsp3) is 0.381. The molecular formula is C21H23NO6S. The van der Waals surface area contributed by atoms with E-state index in [9.17, 15) is 14.4 Å². The van der Waals surface area contributed by atoms with E-state index in [0.717, 1.165) is 29.7 Å². The maximum absolute atomic E-state index is 12.3. The second kappa shape index (κ2) is 9.09. The van der Waals surface area contributed by atoms with E-state index in [1.807, 2.05) is 0 Å².